The van der Waals surface area contributed by atoms with Crippen LogP contribution in [0, 0.1) is 5.92 Å². The van der Waals surface area contributed by atoms with Crippen LogP contribution >= 0.6 is 0 Å². The Kier molecular flexibility index (Phi) is 4.67. The Labute approximate surface area is 148 Å². The van der Waals surface area contributed by atoms with Crippen LogP contribution in [0.2, 0.25) is 0 Å². The molecule has 136 valence electrons. The number of carbonyl (C=O) groups excluding carboxylic acids is 1. The zero-order chi connectivity index (χ0) is 17.3. The lowest BCUT2D eigenvalue weighted by molar-refractivity contribution is -0.129. The van der Waals surface area contributed by atoms with Crippen molar-refractivity contribution in [3.8, 4) is 5.75 Å². The Morgan fingerprint density at radius 3 is 2.72 bits per heavy atom. The van der Waals surface area contributed by atoms with E-state index in [9.17, 15) is 9.18 Å². The SMILES string of the molecule is O=C(NC1CC2(CCN(CCF)CC2)Oc2ccccc21)C1CCC1. The number of amides is 1. The summed E-state index contributed by atoms with van der Waals surface area (Å²) in [5.41, 5.74) is 0.852. The van der Waals surface area contributed by atoms with Gasteiger partial charge in [-0.1, -0.05) is 24.6 Å². The van der Waals surface area contributed by atoms with E-state index in [0.29, 0.717) is 6.54 Å². The second kappa shape index (κ2) is 6.94. The number of halogens is 1. The second-order valence-electron chi connectivity index (χ2n) is 7.75. The lowest BCUT2D eigenvalue weighted by Gasteiger charge is -2.47. The van der Waals surface area contributed by atoms with Crippen molar-refractivity contribution in [3.05, 3.63) is 29.8 Å². The number of hydrogen-bond acceptors (Lipinski definition) is 3. The lowest BCUT2D eigenvalue weighted by atomic mass is 9.79. The van der Waals surface area contributed by atoms with Gasteiger partial charge in [-0.3, -0.25) is 4.79 Å². The summed E-state index contributed by atoms with van der Waals surface area (Å²) in [4.78, 5) is 14.7. The van der Waals surface area contributed by atoms with Crippen LogP contribution in [0.25, 0.3) is 0 Å². The van der Waals surface area contributed by atoms with Crippen LogP contribution in [0.15, 0.2) is 24.3 Å². The summed E-state index contributed by atoms with van der Waals surface area (Å²) >= 11 is 0. The van der Waals surface area contributed by atoms with E-state index in [1.54, 1.807) is 0 Å². The van der Waals surface area contributed by atoms with Crippen molar-refractivity contribution in [3.63, 3.8) is 0 Å². The number of ether oxygens (including phenoxy) is 1. The molecule has 25 heavy (non-hydrogen) atoms. The molecule has 1 saturated carbocycles. The number of benzene rings is 1. The van der Waals surface area contributed by atoms with E-state index in [1.807, 2.05) is 18.2 Å². The zero-order valence-electron chi connectivity index (χ0n) is 14.7. The van der Waals surface area contributed by atoms with Gasteiger partial charge in [0, 0.05) is 37.5 Å². The van der Waals surface area contributed by atoms with Gasteiger partial charge in [0.2, 0.25) is 5.91 Å². The largest absolute Gasteiger partial charge is 0.487 e. The molecule has 1 aliphatic carbocycles. The van der Waals surface area contributed by atoms with Gasteiger partial charge in [-0.25, -0.2) is 4.39 Å². The van der Waals surface area contributed by atoms with E-state index < -0.39 is 0 Å². The van der Waals surface area contributed by atoms with Crippen molar-refractivity contribution < 1.29 is 13.9 Å². The van der Waals surface area contributed by atoms with Crippen LogP contribution in [0.1, 0.15) is 50.1 Å². The molecule has 2 fully saturated rings. The van der Waals surface area contributed by atoms with Gasteiger partial charge in [0.25, 0.3) is 0 Å². The minimum atomic E-state index is -0.295. The molecule has 2 aliphatic heterocycles. The molecule has 1 spiro atoms. The quantitative estimate of drug-likeness (QED) is 0.910. The monoisotopic (exact) mass is 346 g/mol. The smallest absolute Gasteiger partial charge is 0.223 e. The summed E-state index contributed by atoms with van der Waals surface area (Å²) < 4.78 is 19.0. The molecular formula is C20H27FN2O2. The van der Waals surface area contributed by atoms with Crippen LogP contribution in [0.5, 0.6) is 5.75 Å². The van der Waals surface area contributed by atoms with Crippen molar-refractivity contribution in [1.29, 1.82) is 0 Å². The van der Waals surface area contributed by atoms with Crippen LogP contribution in [0.3, 0.4) is 0 Å². The highest BCUT2D eigenvalue weighted by molar-refractivity contribution is 5.80. The number of alkyl halides is 1. The number of nitrogens with one attached hydrogen (secondary N) is 1. The number of piperidine rings is 1. The van der Waals surface area contributed by atoms with Crippen molar-refractivity contribution in [2.75, 3.05) is 26.3 Å². The number of para-hydroxylation sites is 1. The topological polar surface area (TPSA) is 41.6 Å². The fourth-order valence-corrected chi connectivity index (χ4v) is 4.32. The first-order chi connectivity index (χ1) is 12.2. The lowest BCUT2D eigenvalue weighted by Crippen LogP contribution is -2.53. The van der Waals surface area contributed by atoms with E-state index >= 15 is 0 Å². The minimum absolute atomic E-state index is 0.0192. The minimum Gasteiger partial charge on any atom is -0.487 e. The van der Waals surface area contributed by atoms with Gasteiger partial charge < -0.3 is 15.0 Å². The maximum Gasteiger partial charge on any atom is 0.223 e. The maximum absolute atomic E-state index is 12.6. The number of rotatable bonds is 4. The standard InChI is InChI=1S/C20H27FN2O2/c21-10-13-23-11-8-20(9-12-23)14-17(22-19(24)15-4-3-5-15)16-6-1-2-7-18(16)25-20/h1-2,6-7,15,17H,3-5,8-14H2,(H,22,24). The van der Waals surface area contributed by atoms with Crippen molar-refractivity contribution in [1.82, 2.24) is 10.2 Å². The summed E-state index contributed by atoms with van der Waals surface area (Å²) in [6.45, 7) is 1.93. The highest BCUT2D eigenvalue weighted by Gasteiger charge is 2.44. The molecular weight excluding hydrogens is 319 g/mol. The molecule has 1 atom stereocenters. The Bertz CT molecular complexity index is 624. The molecule has 2 heterocycles. The Balaban J connectivity index is 1.51. The van der Waals surface area contributed by atoms with Gasteiger partial charge in [0.05, 0.1) is 6.04 Å². The van der Waals surface area contributed by atoms with Gasteiger partial charge in [0.15, 0.2) is 0 Å². The first-order valence-corrected chi connectivity index (χ1v) is 9.56. The Morgan fingerprint density at radius 1 is 1.28 bits per heavy atom. The summed E-state index contributed by atoms with van der Waals surface area (Å²) in [6, 6.07) is 8.08. The summed E-state index contributed by atoms with van der Waals surface area (Å²) in [6.07, 6.45) is 5.77. The highest BCUT2D eigenvalue weighted by atomic mass is 19.1. The van der Waals surface area contributed by atoms with Gasteiger partial charge in [-0.2, -0.15) is 0 Å². The molecule has 3 aliphatic rings. The Hall–Kier alpha value is -1.62. The number of nitrogens with zero attached hydrogens (tertiary/aromatic N) is 1. The number of fused-ring (bicyclic) bond motifs is 1. The second-order valence-corrected chi connectivity index (χ2v) is 7.75. The third kappa shape index (κ3) is 3.39. The molecule has 1 aromatic rings. The average molecular weight is 346 g/mol. The predicted octanol–water partition coefficient (Wildman–Crippen LogP) is 3.23. The first kappa shape index (κ1) is 16.8. The highest BCUT2D eigenvalue weighted by Crippen LogP contribution is 2.44. The number of hydrogen-bond donors (Lipinski definition) is 1. The average Bonchev–Trinajstić information content (AvgIpc) is 2.56. The van der Waals surface area contributed by atoms with Gasteiger partial charge in [0.1, 0.15) is 18.0 Å². The van der Waals surface area contributed by atoms with Crippen LogP contribution in [0.4, 0.5) is 4.39 Å². The first-order valence-electron chi connectivity index (χ1n) is 9.56. The summed E-state index contributed by atoms with van der Waals surface area (Å²) in [5.74, 6) is 1.28. The van der Waals surface area contributed by atoms with Crippen molar-refractivity contribution >= 4 is 5.91 Å². The fourth-order valence-electron chi connectivity index (χ4n) is 4.32. The van der Waals surface area contributed by atoms with Crippen LogP contribution in [-0.4, -0.2) is 42.7 Å². The van der Waals surface area contributed by atoms with Gasteiger partial charge in [-0.15, -0.1) is 0 Å². The van der Waals surface area contributed by atoms with E-state index in [1.165, 1.54) is 0 Å². The maximum atomic E-state index is 12.6. The third-order valence-electron chi connectivity index (χ3n) is 6.16. The molecule has 5 heteroatoms. The molecule has 0 aromatic heterocycles. The van der Waals surface area contributed by atoms with Crippen LogP contribution in [-0.2, 0) is 4.79 Å². The van der Waals surface area contributed by atoms with E-state index in [0.717, 1.165) is 62.9 Å². The van der Waals surface area contributed by atoms with Gasteiger partial charge in [-0.05, 0) is 31.7 Å². The number of likely N-dealkylation sites (tertiary alicyclic amines) is 1. The van der Waals surface area contributed by atoms with E-state index in [2.05, 4.69) is 16.3 Å². The van der Waals surface area contributed by atoms with Gasteiger partial charge >= 0.3 is 0 Å². The molecule has 4 nitrogen and oxygen atoms in total. The summed E-state index contributed by atoms with van der Waals surface area (Å²) in [5, 5.41) is 3.29. The normalized spacial score (nSPS) is 25.7. The Morgan fingerprint density at radius 2 is 2.04 bits per heavy atom. The molecule has 1 saturated heterocycles. The molecule has 0 bridgehead atoms. The molecule has 1 unspecified atom stereocenters. The van der Waals surface area contributed by atoms with E-state index in [4.69, 9.17) is 4.74 Å². The fraction of sp³-hybridized carbons (Fsp3) is 0.650. The number of carbonyl (C=O) groups is 1. The van der Waals surface area contributed by atoms with E-state index in [-0.39, 0.29) is 30.1 Å². The third-order valence-corrected chi connectivity index (χ3v) is 6.16. The molecule has 0 radical (unpaired) electrons. The predicted molar refractivity (Wildman–Crippen MR) is 94.3 cm³/mol. The zero-order valence-corrected chi connectivity index (χ0v) is 14.7. The van der Waals surface area contributed by atoms with Crippen LogP contribution < -0.4 is 10.1 Å². The molecule has 1 N–H and O–H groups in total. The van der Waals surface area contributed by atoms with Crippen molar-refractivity contribution in [2.45, 2.75) is 50.2 Å². The molecule has 4 rings (SSSR count). The van der Waals surface area contributed by atoms with Crippen molar-refractivity contribution in [2.24, 2.45) is 5.92 Å². The molecule has 1 amide bonds. The molecule has 1 aromatic carbocycles. The summed E-state index contributed by atoms with van der Waals surface area (Å²) in [7, 11) is 0.